The van der Waals surface area contributed by atoms with Crippen molar-refractivity contribution in [2.45, 2.75) is 52.7 Å². The number of ether oxygens (including phenoxy) is 1. The second kappa shape index (κ2) is 9.97. The van der Waals surface area contributed by atoms with Crippen LogP contribution in [-0.4, -0.2) is 24.3 Å². The molecular weight excluding hydrogens is 378 g/mol. The molecule has 1 atom stereocenters. The molecule has 0 saturated carbocycles. The highest BCUT2D eigenvalue weighted by atomic mass is 32.1. The zero-order valence-electron chi connectivity index (χ0n) is 17.9. The van der Waals surface area contributed by atoms with Gasteiger partial charge in [-0.05, 0) is 81.6 Å². The lowest BCUT2D eigenvalue weighted by Crippen LogP contribution is -2.33. The van der Waals surface area contributed by atoms with Gasteiger partial charge in [-0.15, -0.1) is 0 Å². The third-order valence-corrected chi connectivity index (χ3v) is 5.57. The summed E-state index contributed by atoms with van der Waals surface area (Å²) in [6.45, 7) is 10.8. The topological polar surface area (TPSA) is 36.5 Å². The molecule has 1 aliphatic rings. The molecule has 0 bridgehead atoms. The Hall–Kier alpha value is -2.27. The molecule has 0 aromatic heterocycles. The van der Waals surface area contributed by atoms with Gasteiger partial charge in [0.1, 0.15) is 5.75 Å². The Labute approximate surface area is 180 Å². The van der Waals surface area contributed by atoms with Crippen molar-refractivity contribution < 1.29 is 4.74 Å². The Morgan fingerprint density at radius 3 is 2.41 bits per heavy atom. The zero-order chi connectivity index (χ0) is 20.8. The molecule has 2 aromatic rings. The number of hydrogen-bond acceptors (Lipinski definition) is 3. The molecule has 5 heteroatoms. The van der Waals surface area contributed by atoms with Gasteiger partial charge in [-0.25, -0.2) is 0 Å². The molecular formula is C24H33N3OS. The van der Waals surface area contributed by atoms with Crippen LogP contribution in [0.2, 0.25) is 0 Å². The van der Waals surface area contributed by atoms with E-state index >= 15 is 0 Å². The van der Waals surface area contributed by atoms with Crippen molar-refractivity contribution in [3.05, 3.63) is 54.1 Å². The van der Waals surface area contributed by atoms with Crippen LogP contribution < -0.4 is 20.3 Å². The molecule has 0 spiro atoms. The molecule has 156 valence electrons. The molecule has 2 N–H and O–H groups in total. The Morgan fingerprint density at radius 2 is 1.76 bits per heavy atom. The van der Waals surface area contributed by atoms with Gasteiger partial charge >= 0.3 is 0 Å². The van der Waals surface area contributed by atoms with Crippen molar-refractivity contribution in [2.75, 3.05) is 23.3 Å². The number of hydrogen-bond donors (Lipinski definition) is 2. The quantitative estimate of drug-likeness (QED) is 0.591. The van der Waals surface area contributed by atoms with Crippen molar-refractivity contribution in [3.8, 4) is 5.75 Å². The zero-order valence-corrected chi connectivity index (χ0v) is 18.8. The van der Waals surface area contributed by atoms with Crippen LogP contribution in [0.5, 0.6) is 5.75 Å². The smallest absolute Gasteiger partial charge is 0.171 e. The fourth-order valence-electron chi connectivity index (χ4n) is 3.61. The van der Waals surface area contributed by atoms with Crippen LogP contribution in [0.3, 0.4) is 0 Å². The number of thiocarbonyl (C=S) groups is 1. The van der Waals surface area contributed by atoms with Gasteiger partial charge in [0.15, 0.2) is 5.11 Å². The summed E-state index contributed by atoms with van der Waals surface area (Å²) in [6.07, 6.45) is 2.71. The maximum atomic E-state index is 5.75. The lowest BCUT2D eigenvalue weighted by Gasteiger charge is -2.32. The standard InChI is InChI=1S/C24H33N3OS/c1-17(2)28-23-7-5-6-21(16-23)26-24(29)25-19(4)20-8-10-22(11-9-20)27-14-12-18(3)13-15-27/h5-11,16-19H,12-15H2,1-4H3,(H2,25,26,29). The first-order chi connectivity index (χ1) is 13.9. The van der Waals surface area contributed by atoms with E-state index in [-0.39, 0.29) is 12.1 Å². The van der Waals surface area contributed by atoms with Gasteiger partial charge < -0.3 is 20.3 Å². The summed E-state index contributed by atoms with van der Waals surface area (Å²) < 4.78 is 5.75. The van der Waals surface area contributed by atoms with Gasteiger partial charge in [-0.2, -0.15) is 0 Å². The third kappa shape index (κ3) is 6.36. The SMILES string of the molecule is CC1CCN(c2ccc(C(C)NC(=S)Nc3cccc(OC(C)C)c3)cc2)CC1. The largest absolute Gasteiger partial charge is 0.491 e. The minimum Gasteiger partial charge on any atom is -0.491 e. The van der Waals surface area contributed by atoms with E-state index in [1.807, 2.05) is 38.1 Å². The minimum atomic E-state index is 0.125. The Bertz CT molecular complexity index is 798. The fourth-order valence-corrected chi connectivity index (χ4v) is 3.90. The van der Waals surface area contributed by atoms with Crippen molar-refractivity contribution in [3.63, 3.8) is 0 Å². The highest BCUT2D eigenvalue weighted by Crippen LogP contribution is 2.25. The van der Waals surface area contributed by atoms with Crippen LogP contribution in [0, 0.1) is 5.92 Å². The number of rotatable bonds is 6. The van der Waals surface area contributed by atoms with E-state index in [1.54, 1.807) is 0 Å². The molecule has 3 rings (SSSR count). The van der Waals surface area contributed by atoms with Gasteiger partial charge in [-0.3, -0.25) is 0 Å². The Morgan fingerprint density at radius 1 is 1.07 bits per heavy atom. The normalized spacial score (nSPS) is 15.8. The molecule has 4 nitrogen and oxygen atoms in total. The number of benzene rings is 2. The summed E-state index contributed by atoms with van der Waals surface area (Å²) in [7, 11) is 0. The first-order valence-corrected chi connectivity index (χ1v) is 11.0. The molecule has 1 saturated heterocycles. The highest BCUT2D eigenvalue weighted by Gasteiger charge is 2.16. The van der Waals surface area contributed by atoms with Crippen molar-refractivity contribution in [2.24, 2.45) is 5.92 Å². The molecule has 0 aliphatic carbocycles. The summed E-state index contributed by atoms with van der Waals surface area (Å²) in [5.74, 6) is 1.68. The van der Waals surface area contributed by atoms with Crippen molar-refractivity contribution in [1.29, 1.82) is 0 Å². The molecule has 0 amide bonds. The summed E-state index contributed by atoms with van der Waals surface area (Å²) in [5, 5.41) is 7.24. The molecule has 0 radical (unpaired) electrons. The predicted octanol–water partition coefficient (Wildman–Crippen LogP) is 5.76. The molecule has 1 fully saturated rings. The lowest BCUT2D eigenvalue weighted by atomic mass is 9.98. The average Bonchev–Trinajstić information content (AvgIpc) is 2.68. The van der Waals surface area contributed by atoms with Gasteiger partial charge in [-0.1, -0.05) is 25.1 Å². The number of anilines is 2. The molecule has 1 unspecified atom stereocenters. The predicted molar refractivity (Wildman–Crippen MR) is 127 cm³/mol. The summed E-state index contributed by atoms with van der Waals surface area (Å²) in [5.41, 5.74) is 3.46. The third-order valence-electron chi connectivity index (χ3n) is 5.35. The van der Waals surface area contributed by atoms with E-state index in [0.717, 1.165) is 30.4 Å². The van der Waals surface area contributed by atoms with Gasteiger partial charge in [0, 0.05) is 30.5 Å². The van der Waals surface area contributed by atoms with E-state index in [4.69, 9.17) is 17.0 Å². The van der Waals surface area contributed by atoms with Crippen LogP contribution in [0.15, 0.2) is 48.5 Å². The fraction of sp³-hybridized carbons (Fsp3) is 0.458. The van der Waals surface area contributed by atoms with Crippen LogP contribution in [0.25, 0.3) is 0 Å². The van der Waals surface area contributed by atoms with Gasteiger partial charge in [0.25, 0.3) is 0 Å². The van der Waals surface area contributed by atoms with Gasteiger partial charge in [0.2, 0.25) is 0 Å². The summed E-state index contributed by atoms with van der Waals surface area (Å²) in [4.78, 5) is 2.49. The van der Waals surface area contributed by atoms with Crippen LogP contribution in [0.4, 0.5) is 11.4 Å². The maximum absolute atomic E-state index is 5.75. The lowest BCUT2D eigenvalue weighted by molar-refractivity contribution is 0.242. The second-order valence-corrected chi connectivity index (χ2v) is 8.68. The van der Waals surface area contributed by atoms with Crippen LogP contribution in [0.1, 0.15) is 52.1 Å². The van der Waals surface area contributed by atoms with E-state index in [1.165, 1.54) is 24.1 Å². The first-order valence-electron chi connectivity index (χ1n) is 10.6. The average molecular weight is 412 g/mol. The molecule has 29 heavy (non-hydrogen) atoms. The second-order valence-electron chi connectivity index (χ2n) is 8.28. The number of nitrogens with one attached hydrogen (secondary N) is 2. The van der Waals surface area contributed by atoms with E-state index in [0.29, 0.717) is 5.11 Å². The first kappa shape index (κ1) is 21.4. The molecule has 1 aliphatic heterocycles. The number of nitrogens with zero attached hydrogens (tertiary/aromatic N) is 1. The van der Waals surface area contributed by atoms with Crippen molar-refractivity contribution in [1.82, 2.24) is 5.32 Å². The molecule has 1 heterocycles. The van der Waals surface area contributed by atoms with Crippen LogP contribution in [-0.2, 0) is 0 Å². The van der Waals surface area contributed by atoms with Crippen LogP contribution >= 0.6 is 12.2 Å². The Balaban J connectivity index is 1.54. The Kier molecular flexibility index (Phi) is 7.37. The highest BCUT2D eigenvalue weighted by molar-refractivity contribution is 7.80. The monoisotopic (exact) mass is 411 g/mol. The van der Waals surface area contributed by atoms with E-state index < -0.39 is 0 Å². The van der Waals surface area contributed by atoms with E-state index in [2.05, 4.69) is 53.6 Å². The number of piperidine rings is 1. The maximum Gasteiger partial charge on any atom is 0.171 e. The summed E-state index contributed by atoms with van der Waals surface area (Å²) in [6, 6.07) is 16.9. The van der Waals surface area contributed by atoms with E-state index in [9.17, 15) is 0 Å². The van der Waals surface area contributed by atoms with Crippen molar-refractivity contribution >= 4 is 28.7 Å². The summed E-state index contributed by atoms with van der Waals surface area (Å²) >= 11 is 5.51. The van der Waals surface area contributed by atoms with Gasteiger partial charge in [0.05, 0.1) is 12.1 Å². The molecule has 2 aromatic carbocycles. The minimum absolute atomic E-state index is 0.125.